The molecule has 0 aliphatic rings. The van der Waals surface area contributed by atoms with Gasteiger partial charge in [0.1, 0.15) is 10.3 Å². The third kappa shape index (κ3) is 3.25. The number of thioether (sulfide) groups is 1. The standard InChI is InChI=1S/C16H13NO2S2/c18-16(19)14(10-11-4-2-1-3-5-11)21-15-12-7-9-20-13(12)6-8-17-15/h1-9,14H,10H2,(H,18,19). The number of benzene rings is 1. The summed E-state index contributed by atoms with van der Waals surface area (Å²) in [6, 6.07) is 13.6. The van der Waals surface area contributed by atoms with E-state index in [2.05, 4.69) is 4.98 Å². The van der Waals surface area contributed by atoms with Crippen LogP contribution in [-0.2, 0) is 11.2 Å². The normalized spacial score (nSPS) is 12.4. The maximum absolute atomic E-state index is 11.5. The van der Waals surface area contributed by atoms with Gasteiger partial charge >= 0.3 is 5.97 Å². The average molecular weight is 315 g/mol. The van der Waals surface area contributed by atoms with Gasteiger partial charge in [0.25, 0.3) is 0 Å². The second kappa shape index (κ2) is 6.28. The number of aromatic nitrogens is 1. The van der Waals surface area contributed by atoms with Crippen molar-refractivity contribution in [1.29, 1.82) is 0 Å². The van der Waals surface area contributed by atoms with Crippen molar-refractivity contribution in [1.82, 2.24) is 4.98 Å². The molecule has 1 unspecified atom stereocenters. The van der Waals surface area contributed by atoms with Crippen LogP contribution in [0.1, 0.15) is 5.56 Å². The molecule has 0 bridgehead atoms. The molecule has 0 saturated carbocycles. The number of fused-ring (bicyclic) bond motifs is 1. The molecule has 0 fully saturated rings. The summed E-state index contributed by atoms with van der Waals surface area (Å²) in [6.45, 7) is 0. The van der Waals surface area contributed by atoms with Gasteiger partial charge in [-0.15, -0.1) is 11.3 Å². The van der Waals surface area contributed by atoms with Crippen molar-refractivity contribution in [2.45, 2.75) is 16.7 Å². The van der Waals surface area contributed by atoms with Crippen molar-refractivity contribution < 1.29 is 9.90 Å². The lowest BCUT2D eigenvalue weighted by Gasteiger charge is -2.12. The molecule has 0 amide bonds. The molecule has 0 saturated heterocycles. The number of pyridine rings is 1. The van der Waals surface area contributed by atoms with E-state index in [1.165, 1.54) is 11.8 Å². The summed E-state index contributed by atoms with van der Waals surface area (Å²) in [5, 5.41) is 12.8. The highest BCUT2D eigenvalue weighted by atomic mass is 32.2. The maximum Gasteiger partial charge on any atom is 0.317 e. The number of carboxylic acid groups (broad SMARTS) is 1. The van der Waals surface area contributed by atoms with Gasteiger partial charge in [-0.1, -0.05) is 42.1 Å². The molecular weight excluding hydrogens is 302 g/mol. The van der Waals surface area contributed by atoms with Crippen molar-refractivity contribution in [2.75, 3.05) is 0 Å². The van der Waals surface area contributed by atoms with E-state index < -0.39 is 11.2 Å². The molecule has 1 atom stereocenters. The Kier molecular flexibility index (Phi) is 4.22. The summed E-state index contributed by atoms with van der Waals surface area (Å²) in [7, 11) is 0. The highest BCUT2D eigenvalue weighted by Crippen LogP contribution is 2.32. The highest BCUT2D eigenvalue weighted by molar-refractivity contribution is 8.00. The van der Waals surface area contributed by atoms with Crippen LogP contribution in [0.3, 0.4) is 0 Å². The van der Waals surface area contributed by atoms with E-state index in [9.17, 15) is 9.90 Å². The summed E-state index contributed by atoms with van der Waals surface area (Å²) in [5.41, 5.74) is 1.02. The van der Waals surface area contributed by atoms with Gasteiger partial charge in [0.05, 0.1) is 0 Å². The fourth-order valence-electron chi connectivity index (χ4n) is 2.11. The van der Waals surface area contributed by atoms with E-state index in [4.69, 9.17) is 0 Å². The van der Waals surface area contributed by atoms with Crippen molar-refractivity contribution in [2.24, 2.45) is 0 Å². The minimum atomic E-state index is -0.808. The lowest BCUT2D eigenvalue weighted by atomic mass is 10.1. The number of nitrogens with zero attached hydrogens (tertiary/aromatic N) is 1. The number of rotatable bonds is 5. The van der Waals surface area contributed by atoms with Crippen molar-refractivity contribution in [3.8, 4) is 0 Å². The van der Waals surface area contributed by atoms with Gasteiger partial charge in [0.15, 0.2) is 0 Å². The van der Waals surface area contributed by atoms with Crippen LogP contribution in [-0.4, -0.2) is 21.3 Å². The molecule has 2 aromatic heterocycles. The number of carbonyl (C=O) groups is 1. The van der Waals surface area contributed by atoms with E-state index >= 15 is 0 Å². The molecular formula is C16H13NO2S2. The van der Waals surface area contributed by atoms with E-state index in [1.807, 2.05) is 47.8 Å². The average Bonchev–Trinajstić information content (AvgIpc) is 2.97. The Balaban J connectivity index is 1.85. The number of hydrogen-bond acceptors (Lipinski definition) is 4. The van der Waals surface area contributed by atoms with Crippen molar-refractivity contribution in [3.63, 3.8) is 0 Å². The van der Waals surface area contributed by atoms with Crippen molar-refractivity contribution >= 4 is 39.2 Å². The first-order valence-corrected chi connectivity index (χ1v) is 8.25. The molecule has 106 valence electrons. The quantitative estimate of drug-likeness (QED) is 0.721. The molecule has 1 aromatic carbocycles. The Bertz CT molecular complexity index is 755. The molecule has 2 heterocycles. The Hall–Kier alpha value is -1.85. The number of thiophene rings is 1. The molecule has 1 N–H and O–H groups in total. The first-order chi connectivity index (χ1) is 10.2. The summed E-state index contributed by atoms with van der Waals surface area (Å²) in [5.74, 6) is -0.808. The molecule has 3 aromatic rings. The zero-order valence-electron chi connectivity index (χ0n) is 11.1. The Morgan fingerprint density at radius 2 is 2.05 bits per heavy atom. The van der Waals surface area contributed by atoms with Gasteiger partial charge in [-0.2, -0.15) is 0 Å². The fourth-order valence-corrected chi connectivity index (χ4v) is 4.02. The predicted octanol–water partition coefficient (Wildman–Crippen LogP) is 4.08. The number of carboxylic acids is 1. The lowest BCUT2D eigenvalue weighted by Crippen LogP contribution is -2.19. The molecule has 21 heavy (non-hydrogen) atoms. The predicted molar refractivity (Wildman–Crippen MR) is 87.0 cm³/mol. The van der Waals surface area contributed by atoms with Crippen LogP contribution in [0.15, 0.2) is 59.1 Å². The molecule has 0 spiro atoms. The van der Waals surface area contributed by atoms with Gasteiger partial charge in [0.2, 0.25) is 0 Å². The number of hydrogen-bond donors (Lipinski definition) is 1. The van der Waals surface area contributed by atoms with Gasteiger partial charge in [-0.25, -0.2) is 4.98 Å². The Labute approximate surface area is 130 Å². The first kappa shape index (κ1) is 14.1. The van der Waals surface area contributed by atoms with Crippen LogP contribution < -0.4 is 0 Å². The van der Waals surface area contributed by atoms with Crippen LogP contribution >= 0.6 is 23.1 Å². The molecule has 3 nitrogen and oxygen atoms in total. The summed E-state index contributed by atoms with van der Waals surface area (Å²) in [6.07, 6.45) is 2.23. The Morgan fingerprint density at radius 3 is 2.81 bits per heavy atom. The summed E-state index contributed by atoms with van der Waals surface area (Å²) >= 11 is 2.96. The molecule has 0 radical (unpaired) electrons. The van der Waals surface area contributed by atoms with Crippen LogP contribution in [0.4, 0.5) is 0 Å². The van der Waals surface area contributed by atoms with E-state index in [-0.39, 0.29) is 0 Å². The largest absolute Gasteiger partial charge is 0.480 e. The summed E-state index contributed by atoms with van der Waals surface area (Å²) in [4.78, 5) is 15.9. The van der Waals surface area contributed by atoms with Crippen LogP contribution in [0.25, 0.3) is 10.1 Å². The van der Waals surface area contributed by atoms with Gasteiger partial charge < -0.3 is 5.11 Å². The van der Waals surface area contributed by atoms with E-state index in [0.29, 0.717) is 6.42 Å². The molecule has 5 heteroatoms. The lowest BCUT2D eigenvalue weighted by molar-refractivity contribution is -0.136. The third-order valence-electron chi connectivity index (χ3n) is 3.14. The second-order valence-corrected chi connectivity index (χ2v) is 6.72. The first-order valence-electron chi connectivity index (χ1n) is 6.49. The minimum absolute atomic E-state index is 0.489. The molecule has 0 aliphatic heterocycles. The van der Waals surface area contributed by atoms with Crippen LogP contribution in [0.2, 0.25) is 0 Å². The minimum Gasteiger partial charge on any atom is -0.480 e. The Morgan fingerprint density at radius 1 is 1.24 bits per heavy atom. The SMILES string of the molecule is O=C(O)C(Cc1ccccc1)Sc1nccc2sccc12. The van der Waals surface area contributed by atoms with Crippen LogP contribution in [0.5, 0.6) is 0 Å². The van der Waals surface area contributed by atoms with Gasteiger partial charge in [0, 0.05) is 16.3 Å². The molecule has 3 rings (SSSR count). The molecule has 0 aliphatic carbocycles. The van der Waals surface area contributed by atoms with E-state index in [1.54, 1.807) is 17.5 Å². The monoisotopic (exact) mass is 315 g/mol. The highest BCUT2D eigenvalue weighted by Gasteiger charge is 2.21. The maximum atomic E-state index is 11.5. The zero-order valence-corrected chi connectivity index (χ0v) is 12.7. The van der Waals surface area contributed by atoms with E-state index in [0.717, 1.165) is 20.7 Å². The fraction of sp³-hybridized carbons (Fsp3) is 0.125. The topological polar surface area (TPSA) is 50.2 Å². The smallest absolute Gasteiger partial charge is 0.317 e. The van der Waals surface area contributed by atoms with Gasteiger partial charge in [-0.05, 0) is 29.5 Å². The summed E-state index contributed by atoms with van der Waals surface area (Å²) < 4.78 is 1.14. The third-order valence-corrected chi connectivity index (χ3v) is 5.22. The second-order valence-electron chi connectivity index (χ2n) is 4.58. The van der Waals surface area contributed by atoms with Crippen LogP contribution in [0, 0.1) is 0 Å². The van der Waals surface area contributed by atoms with Crippen molar-refractivity contribution in [3.05, 3.63) is 59.6 Å². The number of aliphatic carboxylic acids is 1. The zero-order chi connectivity index (χ0) is 14.7. The van der Waals surface area contributed by atoms with Gasteiger partial charge in [-0.3, -0.25) is 4.79 Å².